The quantitative estimate of drug-likeness (QED) is 0.138. The first kappa shape index (κ1) is 31.9. The Hall–Kier alpha value is -3.29. The summed E-state index contributed by atoms with van der Waals surface area (Å²) < 4.78 is 76.3. The summed E-state index contributed by atoms with van der Waals surface area (Å²) in [6.45, 7) is 4.75. The molecule has 0 atom stereocenters. The molecule has 4 N–H and O–H groups in total. The molecule has 0 aromatic heterocycles. The summed E-state index contributed by atoms with van der Waals surface area (Å²) in [7, 11) is -8.74. The Morgan fingerprint density at radius 2 is 1.58 bits per heavy atom. The monoisotopic (exact) mass is 691 g/mol. The minimum absolute atomic E-state index is 0.0539. The molecule has 0 spiro atoms. The molecule has 0 unspecified atom stereocenters. The summed E-state index contributed by atoms with van der Waals surface area (Å²) >= 11 is 0. The maximum atomic E-state index is 13.6. The van der Waals surface area contributed by atoms with Crippen molar-refractivity contribution >= 4 is 31.4 Å². The van der Waals surface area contributed by atoms with E-state index in [0.717, 1.165) is 124 Å². The summed E-state index contributed by atoms with van der Waals surface area (Å²) in [6.07, 6.45) is 9.72. The Morgan fingerprint density at radius 3 is 2.38 bits per heavy atom. The fraction of sp³-hybridized carbons (Fsp3) is 0.472. The Kier molecular flexibility index (Phi) is 8.15. The SMILES string of the molecule is NCCCCCNS(=O)(=O)c1ccc(S(=O)(=O)O)c(C2=c3cc4c5c(c3Oc3c2cc2c6c3CCCN6CCC2)CCC[N+]=5CCC4)c1. The van der Waals surface area contributed by atoms with Gasteiger partial charge in [-0.1, -0.05) is 6.42 Å². The standard InChI is InChI=1S/C36H42N4O6S2/c37-14-2-1-3-15-38-47(41,42)25-12-13-31(48(43,44)45)28(22-25)32-29-20-23-8-4-16-39-18-6-10-26(33(23)39)35(29)46-36-27-11-7-19-40-17-5-9-24(34(27)40)21-30(32)36/h12-13,20-22,38H,1-11,14-19,37H2/p+1. The van der Waals surface area contributed by atoms with Crippen LogP contribution in [0.3, 0.4) is 0 Å². The highest BCUT2D eigenvalue weighted by Crippen LogP contribution is 2.49. The lowest BCUT2D eigenvalue weighted by molar-refractivity contribution is 0.431. The molecule has 48 heavy (non-hydrogen) atoms. The van der Waals surface area contributed by atoms with Crippen LogP contribution in [0.4, 0.5) is 5.69 Å². The van der Waals surface area contributed by atoms with Gasteiger partial charge >= 0.3 is 0 Å². The molecule has 3 aromatic rings. The molecule has 0 fully saturated rings. The van der Waals surface area contributed by atoms with E-state index in [1.807, 2.05) is 0 Å². The lowest BCUT2D eigenvalue weighted by Gasteiger charge is -2.39. The van der Waals surface area contributed by atoms with Gasteiger partial charge in [0, 0.05) is 71.2 Å². The van der Waals surface area contributed by atoms with Crippen LogP contribution in [-0.4, -0.2) is 60.7 Å². The molecule has 5 heterocycles. The van der Waals surface area contributed by atoms with Gasteiger partial charge in [0.15, 0.2) is 0 Å². The molecular formula is C36H43N4O6S2+. The normalized spacial score (nSPS) is 18.1. The smallest absolute Gasteiger partial charge is 0.295 e. The topological polar surface area (TPSA) is 142 Å². The second kappa shape index (κ2) is 12.2. The molecule has 0 radical (unpaired) electrons. The fourth-order valence-electron chi connectivity index (χ4n) is 8.64. The molecule has 5 aliphatic heterocycles. The number of aryl methyl sites for hydroxylation is 2. The first-order valence-electron chi connectivity index (χ1n) is 17.4. The third-order valence-electron chi connectivity index (χ3n) is 10.7. The minimum atomic E-state index is -4.74. The van der Waals surface area contributed by atoms with Crippen LogP contribution in [0.25, 0.3) is 5.57 Å². The third-order valence-corrected chi connectivity index (χ3v) is 13.0. The maximum Gasteiger partial charge on any atom is 0.295 e. The van der Waals surface area contributed by atoms with Crippen LogP contribution in [0, 0.1) is 0 Å². The molecule has 0 bridgehead atoms. The van der Waals surface area contributed by atoms with Crippen molar-refractivity contribution < 1.29 is 26.1 Å². The lowest BCUT2D eigenvalue weighted by atomic mass is 9.82. The number of nitrogens with two attached hydrogens (primary N) is 1. The van der Waals surface area contributed by atoms with E-state index in [9.17, 15) is 21.4 Å². The van der Waals surface area contributed by atoms with E-state index in [1.165, 1.54) is 40.4 Å². The number of nitrogens with one attached hydrogen (secondary N) is 1. The van der Waals surface area contributed by atoms with Crippen molar-refractivity contribution in [2.24, 2.45) is 5.73 Å². The van der Waals surface area contributed by atoms with Crippen LogP contribution in [-0.2, 0) is 45.8 Å². The highest BCUT2D eigenvalue weighted by atomic mass is 32.2. The van der Waals surface area contributed by atoms with E-state index < -0.39 is 20.1 Å². The van der Waals surface area contributed by atoms with Crippen molar-refractivity contribution in [1.82, 2.24) is 9.30 Å². The van der Waals surface area contributed by atoms with Gasteiger partial charge < -0.3 is 15.4 Å². The van der Waals surface area contributed by atoms with Gasteiger partial charge in [0.05, 0.1) is 10.5 Å². The number of hydrogen-bond acceptors (Lipinski definition) is 7. The molecular weight excluding hydrogens is 649 g/mol. The first-order valence-corrected chi connectivity index (χ1v) is 20.3. The number of nitrogens with zero attached hydrogens (tertiary/aromatic N) is 2. The van der Waals surface area contributed by atoms with E-state index >= 15 is 0 Å². The molecule has 0 aliphatic carbocycles. The molecule has 8 rings (SSSR count). The molecule has 0 saturated heterocycles. The molecule has 254 valence electrons. The van der Waals surface area contributed by atoms with Crippen LogP contribution in [0.2, 0.25) is 0 Å². The second-order valence-electron chi connectivity index (χ2n) is 13.7. The van der Waals surface area contributed by atoms with Crippen LogP contribution in [0.15, 0.2) is 40.1 Å². The van der Waals surface area contributed by atoms with E-state index in [-0.39, 0.29) is 21.9 Å². The van der Waals surface area contributed by atoms with Crippen molar-refractivity contribution in [3.8, 4) is 11.5 Å². The van der Waals surface area contributed by atoms with Crippen molar-refractivity contribution in [1.29, 1.82) is 0 Å². The van der Waals surface area contributed by atoms with Gasteiger partial charge in [-0.3, -0.25) is 4.55 Å². The molecule has 5 aliphatic rings. The highest BCUT2D eigenvalue weighted by Gasteiger charge is 2.37. The van der Waals surface area contributed by atoms with E-state index in [2.05, 4.69) is 26.3 Å². The lowest BCUT2D eigenvalue weighted by Crippen LogP contribution is -2.45. The third kappa shape index (κ3) is 5.36. The van der Waals surface area contributed by atoms with Crippen molar-refractivity contribution in [3.05, 3.63) is 74.3 Å². The summed E-state index contributed by atoms with van der Waals surface area (Å²) in [5, 5.41) is 1.98. The predicted octanol–water partition coefficient (Wildman–Crippen LogP) is 2.78. The number of sulfonamides is 1. The molecule has 12 heteroatoms. The van der Waals surface area contributed by atoms with Crippen LogP contribution < -0.4 is 35.2 Å². The number of fused-ring (bicyclic) bond motifs is 4. The number of benzene rings is 3. The van der Waals surface area contributed by atoms with Crippen molar-refractivity contribution in [2.75, 3.05) is 44.2 Å². The van der Waals surface area contributed by atoms with Gasteiger partial charge in [-0.2, -0.15) is 8.42 Å². The molecule has 0 saturated carbocycles. The zero-order valence-corrected chi connectivity index (χ0v) is 28.8. The minimum Gasteiger partial charge on any atom is -0.455 e. The molecule has 10 nitrogen and oxygen atoms in total. The van der Waals surface area contributed by atoms with Crippen LogP contribution in [0.5, 0.6) is 11.5 Å². The maximum absolute atomic E-state index is 13.6. The number of hydrogen-bond donors (Lipinski definition) is 3. The van der Waals surface area contributed by atoms with E-state index in [0.29, 0.717) is 18.5 Å². The highest BCUT2D eigenvalue weighted by molar-refractivity contribution is 7.89. The van der Waals surface area contributed by atoms with E-state index in [1.54, 1.807) is 0 Å². The first-order chi connectivity index (χ1) is 23.2. The number of rotatable bonds is 9. The summed E-state index contributed by atoms with van der Waals surface area (Å²) in [6, 6.07) is 8.18. The summed E-state index contributed by atoms with van der Waals surface area (Å²) in [5.41, 5.74) is 13.0. The van der Waals surface area contributed by atoms with Gasteiger partial charge in [0.2, 0.25) is 15.4 Å². The summed E-state index contributed by atoms with van der Waals surface area (Å²) in [5.74, 6) is 1.44. The number of ether oxygens (including phenoxy) is 1. The average Bonchev–Trinajstić information content (AvgIpc) is 3.07. The Balaban J connectivity index is 1.43. The summed E-state index contributed by atoms with van der Waals surface area (Å²) in [4.78, 5) is 2.08. The van der Waals surface area contributed by atoms with Crippen molar-refractivity contribution in [2.45, 2.75) is 80.4 Å². The van der Waals surface area contributed by atoms with Crippen LogP contribution >= 0.6 is 0 Å². The van der Waals surface area contributed by atoms with Gasteiger partial charge in [0.1, 0.15) is 29.5 Å². The molecule has 0 amide bonds. The molecule has 3 aromatic carbocycles. The van der Waals surface area contributed by atoms with Crippen molar-refractivity contribution in [3.63, 3.8) is 0 Å². The Bertz CT molecular complexity index is 2190. The Morgan fingerprint density at radius 1 is 0.833 bits per heavy atom. The largest absolute Gasteiger partial charge is 0.455 e. The predicted molar refractivity (Wildman–Crippen MR) is 185 cm³/mol. The van der Waals surface area contributed by atoms with Gasteiger partial charge in [0.25, 0.3) is 10.1 Å². The van der Waals surface area contributed by atoms with E-state index in [4.69, 9.17) is 10.5 Å². The average molecular weight is 692 g/mol. The second-order valence-corrected chi connectivity index (χ2v) is 16.9. The van der Waals surface area contributed by atoms with Gasteiger partial charge in [-0.25, -0.2) is 17.7 Å². The zero-order chi connectivity index (χ0) is 33.2. The fourth-order valence-corrected chi connectivity index (χ4v) is 10.4. The number of unbranched alkanes of at least 4 members (excludes halogenated alkanes) is 2. The van der Waals surface area contributed by atoms with Gasteiger partial charge in [-0.15, -0.1) is 0 Å². The zero-order valence-electron chi connectivity index (χ0n) is 27.2. The Labute approximate surface area is 282 Å². The van der Waals surface area contributed by atoms with Crippen LogP contribution in [0.1, 0.15) is 78.3 Å². The number of anilines is 1. The van der Waals surface area contributed by atoms with Gasteiger partial charge in [-0.05, 0) is 93.8 Å².